The van der Waals surface area contributed by atoms with Crippen LogP contribution in [0.2, 0.25) is 0 Å². The predicted octanol–water partition coefficient (Wildman–Crippen LogP) is 1.97. The highest BCUT2D eigenvalue weighted by atomic mass is 15.3. The Morgan fingerprint density at radius 3 is 2.91 bits per heavy atom. The van der Waals surface area contributed by atoms with Crippen molar-refractivity contribution in [1.82, 2.24) is 24.8 Å². The minimum atomic E-state index is 0.838. The summed E-state index contributed by atoms with van der Waals surface area (Å²) >= 11 is 0. The first-order valence-corrected chi connectivity index (χ1v) is 8.52. The molecule has 6 nitrogen and oxygen atoms in total. The average molecular weight is 314 g/mol. The van der Waals surface area contributed by atoms with E-state index in [9.17, 15) is 0 Å². The van der Waals surface area contributed by atoms with E-state index in [1.807, 2.05) is 31.4 Å². The molecule has 3 heterocycles. The zero-order chi connectivity index (χ0) is 16.1. The Labute approximate surface area is 137 Å². The molecule has 3 rings (SSSR count). The van der Waals surface area contributed by atoms with Gasteiger partial charge in [-0.25, -0.2) is 0 Å². The van der Waals surface area contributed by atoms with Gasteiger partial charge in [0, 0.05) is 39.3 Å². The molecule has 2 aromatic rings. The summed E-state index contributed by atoms with van der Waals surface area (Å²) in [5, 5.41) is 11.9. The highest BCUT2D eigenvalue weighted by molar-refractivity contribution is 5.79. The van der Waals surface area contributed by atoms with E-state index in [0.717, 1.165) is 55.8 Å². The maximum atomic E-state index is 4.42. The number of guanidine groups is 1. The van der Waals surface area contributed by atoms with Crippen molar-refractivity contribution >= 4 is 11.6 Å². The van der Waals surface area contributed by atoms with Crippen molar-refractivity contribution < 1.29 is 0 Å². The number of hydrogen-bond donors (Lipinski definition) is 1. The molecule has 1 fully saturated rings. The molecule has 1 aliphatic heterocycles. The number of rotatable bonds is 4. The third-order valence-electron chi connectivity index (χ3n) is 4.54. The van der Waals surface area contributed by atoms with Crippen LogP contribution in [0.3, 0.4) is 0 Å². The molecule has 0 bridgehead atoms. The van der Waals surface area contributed by atoms with Gasteiger partial charge < -0.3 is 10.2 Å². The normalized spacial score (nSPS) is 17.0. The molecule has 0 aliphatic carbocycles. The van der Waals surface area contributed by atoms with Gasteiger partial charge in [0.25, 0.3) is 0 Å². The molecule has 0 atom stereocenters. The molecule has 124 valence electrons. The first-order valence-electron chi connectivity index (χ1n) is 8.52. The summed E-state index contributed by atoms with van der Waals surface area (Å²) in [5.41, 5.74) is 0.911. The maximum Gasteiger partial charge on any atom is 0.193 e. The first-order chi connectivity index (χ1) is 11.3. The van der Waals surface area contributed by atoms with E-state index in [2.05, 4.69) is 36.7 Å². The lowest BCUT2D eigenvalue weighted by Gasteiger charge is -2.32. The van der Waals surface area contributed by atoms with Crippen LogP contribution in [0.1, 0.15) is 32.0 Å². The molecule has 0 radical (unpaired) electrons. The van der Waals surface area contributed by atoms with Crippen molar-refractivity contribution in [3.8, 4) is 0 Å². The van der Waals surface area contributed by atoms with E-state index in [-0.39, 0.29) is 0 Å². The number of piperidine rings is 1. The van der Waals surface area contributed by atoms with Crippen LogP contribution < -0.4 is 5.32 Å². The third-order valence-corrected chi connectivity index (χ3v) is 4.54. The van der Waals surface area contributed by atoms with Gasteiger partial charge in [-0.3, -0.25) is 9.39 Å². The molecule has 1 N–H and O–H groups in total. The molecule has 23 heavy (non-hydrogen) atoms. The highest BCUT2D eigenvalue weighted by Crippen LogP contribution is 2.15. The molecule has 0 saturated carbocycles. The van der Waals surface area contributed by atoms with E-state index in [1.54, 1.807) is 0 Å². The molecule has 6 heteroatoms. The van der Waals surface area contributed by atoms with E-state index >= 15 is 0 Å². The fourth-order valence-corrected chi connectivity index (χ4v) is 3.06. The Balaban J connectivity index is 1.47. The summed E-state index contributed by atoms with van der Waals surface area (Å²) in [6.07, 6.45) is 6.45. The van der Waals surface area contributed by atoms with Gasteiger partial charge in [0.05, 0.1) is 0 Å². The van der Waals surface area contributed by atoms with Gasteiger partial charge in [-0.1, -0.05) is 13.0 Å². The quantitative estimate of drug-likeness (QED) is 0.532. The van der Waals surface area contributed by atoms with E-state index < -0.39 is 0 Å². The van der Waals surface area contributed by atoms with Crippen LogP contribution in [-0.4, -0.2) is 52.1 Å². The molecule has 0 spiro atoms. The second-order valence-electron chi connectivity index (χ2n) is 6.29. The van der Waals surface area contributed by atoms with E-state index in [4.69, 9.17) is 0 Å². The van der Waals surface area contributed by atoms with E-state index in [0.29, 0.717) is 0 Å². The van der Waals surface area contributed by atoms with Crippen molar-refractivity contribution in [2.24, 2.45) is 10.9 Å². The lowest BCUT2D eigenvalue weighted by molar-refractivity contribution is 0.273. The zero-order valence-corrected chi connectivity index (χ0v) is 14.1. The fraction of sp³-hybridized carbons (Fsp3) is 0.588. The number of nitrogens with one attached hydrogen (secondary N) is 1. The number of aromatic nitrogens is 3. The summed E-state index contributed by atoms with van der Waals surface area (Å²) in [4.78, 5) is 6.79. The molecular formula is C17H26N6. The SMILES string of the molecule is CN=C(NCCCc1nnc2ccccn12)N1CCC(C)CC1. The number of nitrogens with zero attached hydrogens (tertiary/aromatic N) is 5. The number of aryl methyl sites for hydroxylation is 1. The fourth-order valence-electron chi connectivity index (χ4n) is 3.06. The Bertz CT molecular complexity index is 654. The smallest absolute Gasteiger partial charge is 0.193 e. The zero-order valence-electron chi connectivity index (χ0n) is 14.1. The van der Waals surface area contributed by atoms with Crippen LogP contribution in [0.4, 0.5) is 0 Å². The van der Waals surface area contributed by atoms with Crippen molar-refractivity contribution in [2.45, 2.75) is 32.6 Å². The standard InChI is InChI=1S/C17H26N6/c1-14-8-12-22(13-9-14)17(18-2)19-10-5-7-16-21-20-15-6-3-4-11-23(15)16/h3-4,6,11,14H,5,7-10,12-13H2,1-2H3,(H,18,19). The number of hydrogen-bond acceptors (Lipinski definition) is 3. The largest absolute Gasteiger partial charge is 0.356 e. The number of likely N-dealkylation sites (tertiary alicyclic amines) is 1. The molecule has 0 aromatic carbocycles. The maximum absolute atomic E-state index is 4.42. The van der Waals surface area contributed by atoms with Gasteiger partial charge in [-0.05, 0) is 37.3 Å². The highest BCUT2D eigenvalue weighted by Gasteiger charge is 2.18. The van der Waals surface area contributed by atoms with Crippen LogP contribution in [0.5, 0.6) is 0 Å². The van der Waals surface area contributed by atoms with Gasteiger partial charge in [0.2, 0.25) is 0 Å². The lowest BCUT2D eigenvalue weighted by Crippen LogP contribution is -2.45. The molecule has 2 aromatic heterocycles. The number of pyridine rings is 1. The monoisotopic (exact) mass is 314 g/mol. The second kappa shape index (κ2) is 7.44. The van der Waals surface area contributed by atoms with Gasteiger partial charge in [-0.2, -0.15) is 0 Å². The van der Waals surface area contributed by atoms with Gasteiger partial charge in [0.1, 0.15) is 5.82 Å². The van der Waals surface area contributed by atoms with Crippen molar-refractivity contribution in [3.05, 3.63) is 30.2 Å². The van der Waals surface area contributed by atoms with Crippen LogP contribution in [0.15, 0.2) is 29.4 Å². The topological polar surface area (TPSA) is 57.8 Å². The molecule has 1 aliphatic rings. The Hall–Kier alpha value is -2.11. The van der Waals surface area contributed by atoms with Crippen LogP contribution in [0.25, 0.3) is 5.65 Å². The Morgan fingerprint density at radius 2 is 2.13 bits per heavy atom. The summed E-state index contributed by atoms with van der Waals surface area (Å²) < 4.78 is 2.06. The van der Waals surface area contributed by atoms with Gasteiger partial charge >= 0.3 is 0 Å². The summed E-state index contributed by atoms with van der Waals surface area (Å²) in [7, 11) is 1.87. The van der Waals surface area contributed by atoms with Crippen LogP contribution in [-0.2, 0) is 6.42 Å². The van der Waals surface area contributed by atoms with Crippen molar-refractivity contribution in [2.75, 3.05) is 26.7 Å². The molecule has 0 unspecified atom stereocenters. The van der Waals surface area contributed by atoms with Crippen molar-refractivity contribution in [1.29, 1.82) is 0 Å². The molecule has 0 amide bonds. The predicted molar refractivity (Wildman–Crippen MR) is 92.6 cm³/mol. The lowest BCUT2D eigenvalue weighted by atomic mass is 10.00. The van der Waals surface area contributed by atoms with E-state index in [1.165, 1.54) is 12.8 Å². The van der Waals surface area contributed by atoms with Gasteiger partial charge in [0.15, 0.2) is 11.6 Å². The summed E-state index contributed by atoms with van der Waals surface area (Å²) in [6.45, 7) is 5.45. The number of fused-ring (bicyclic) bond motifs is 1. The van der Waals surface area contributed by atoms with Crippen LogP contribution >= 0.6 is 0 Å². The van der Waals surface area contributed by atoms with Crippen molar-refractivity contribution in [3.63, 3.8) is 0 Å². The Morgan fingerprint density at radius 1 is 1.30 bits per heavy atom. The minimum absolute atomic E-state index is 0.838. The summed E-state index contributed by atoms with van der Waals surface area (Å²) in [6, 6.07) is 5.98. The molecular weight excluding hydrogens is 288 g/mol. The van der Waals surface area contributed by atoms with Gasteiger partial charge in [-0.15, -0.1) is 10.2 Å². The second-order valence-corrected chi connectivity index (χ2v) is 6.29. The Kier molecular flexibility index (Phi) is 5.10. The van der Waals surface area contributed by atoms with Crippen LogP contribution in [0, 0.1) is 5.92 Å². The first kappa shape index (κ1) is 15.8. The molecule has 1 saturated heterocycles. The number of aliphatic imine (C=N–C) groups is 1. The third kappa shape index (κ3) is 3.81. The average Bonchev–Trinajstić information content (AvgIpc) is 2.99. The minimum Gasteiger partial charge on any atom is -0.356 e. The summed E-state index contributed by atoms with van der Waals surface area (Å²) in [5.74, 6) is 2.89.